The zero-order valence-corrected chi connectivity index (χ0v) is 7.40. The summed E-state index contributed by atoms with van der Waals surface area (Å²) < 4.78 is 0.840. The van der Waals surface area contributed by atoms with Gasteiger partial charge in [-0.1, -0.05) is 6.92 Å². The molecular formula is C6H10BrN3. The van der Waals surface area contributed by atoms with Crippen molar-refractivity contribution in [1.82, 2.24) is 9.97 Å². The maximum Gasteiger partial charge on any atom is 0.128 e. The highest BCUT2D eigenvalue weighted by molar-refractivity contribution is 9.10. The monoisotopic (exact) mass is 203 g/mol. The Morgan fingerprint density at radius 1 is 1.70 bits per heavy atom. The number of nitrogens with one attached hydrogen (secondary N) is 1. The summed E-state index contributed by atoms with van der Waals surface area (Å²) in [5.41, 5.74) is 6.39. The Morgan fingerprint density at radius 2 is 2.40 bits per heavy atom. The molecule has 1 aromatic rings. The standard InChI is InChI=1S/C6H10BrN3/c1-2-5-9-4(3-8)6(7)10-5/h2-3,8H2,1H3,(H,9,10). The zero-order valence-electron chi connectivity index (χ0n) is 5.82. The van der Waals surface area contributed by atoms with Crippen LogP contribution in [0.25, 0.3) is 0 Å². The van der Waals surface area contributed by atoms with E-state index in [0.717, 1.165) is 22.5 Å². The number of nitrogens with two attached hydrogens (primary N) is 1. The number of hydrogen-bond acceptors (Lipinski definition) is 2. The Balaban J connectivity index is 2.92. The first-order valence-corrected chi connectivity index (χ1v) is 4.00. The van der Waals surface area contributed by atoms with Crippen LogP contribution in [0, 0.1) is 0 Å². The summed E-state index contributed by atoms with van der Waals surface area (Å²) in [5, 5.41) is 0. The molecule has 0 unspecified atom stereocenters. The van der Waals surface area contributed by atoms with Gasteiger partial charge in [-0.15, -0.1) is 0 Å². The quantitative estimate of drug-likeness (QED) is 0.760. The second-order valence-electron chi connectivity index (χ2n) is 2.01. The minimum absolute atomic E-state index is 0.508. The minimum Gasteiger partial charge on any atom is -0.344 e. The largest absolute Gasteiger partial charge is 0.344 e. The number of hydrogen-bond donors (Lipinski definition) is 2. The number of aromatic amines is 1. The van der Waals surface area contributed by atoms with Gasteiger partial charge in [0.1, 0.15) is 10.4 Å². The molecule has 0 aliphatic rings. The third kappa shape index (κ3) is 1.38. The van der Waals surface area contributed by atoms with Gasteiger partial charge in [0, 0.05) is 13.0 Å². The fourth-order valence-electron chi connectivity index (χ4n) is 0.742. The van der Waals surface area contributed by atoms with Crippen molar-refractivity contribution in [3.8, 4) is 0 Å². The lowest BCUT2D eigenvalue weighted by Crippen LogP contribution is -1.97. The molecule has 0 saturated heterocycles. The molecule has 0 atom stereocenters. The molecule has 0 amide bonds. The van der Waals surface area contributed by atoms with Gasteiger partial charge in [-0.25, -0.2) is 4.98 Å². The summed E-state index contributed by atoms with van der Waals surface area (Å²) in [4.78, 5) is 7.28. The maximum atomic E-state index is 5.42. The van der Waals surface area contributed by atoms with Crippen LogP contribution >= 0.6 is 15.9 Å². The Labute approximate surface area is 68.2 Å². The highest BCUT2D eigenvalue weighted by Crippen LogP contribution is 2.12. The van der Waals surface area contributed by atoms with Crippen LogP contribution < -0.4 is 5.73 Å². The van der Waals surface area contributed by atoms with E-state index in [9.17, 15) is 0 Å². The summed E-state index contributed by atoms with van der Waals surface area (Å²) in [5.74, 6) is 0.979. The van der Waals surface area contributed by atoms with E-state index in [0.29, 0.717) is 6.54 Å². The molecule has 0 bridgehead atoms. The number of rotatable bonds is 2. The number of aromatic nitrogens is 2. The Hall–Kier alpha value is -0.350. The molecule has 3 nitrogen and oxygen atoms in total. The molecule has 0 spiro atoms. The van der Waals surface area contributed by atoms with Gasteiger partial charge in [0.05, 0.1) is 5.69 Å². The average Bonchev–Trinajstić information content (AvgIpc) is 2.30. The SMILES string of the molecule is CCc1nc(Br)c(CN)[nH]1. The van der Waals surface area contributed by atoms with Gasteiger partial charge in [-0.3, -0.25) is 0 Å². The van der Waals surface area contributed by atoms with E-state index in [1.807, 2.05) is 6.92 Å². The van der Waals surface area contributed by atoms with Gasteiger partial charge in [-0.05, 0) is 15.9 Å². The third-order valence-corrected chi connectivity index (χ3v) is 1.97. The molecule has 0 aromatic carbocycles. The highest BCUT2D eigenvalue weighted by atomic mass is 79.9. The molecule has 0 aliphatic carbocycles. The van der Waals surface area contributed by atoms with Gasteiger partial charge >= 0.3 is 0 Å². The van der Waals surface area contributed by atoms with Crippen molar-refractivity contribution in [3.05, 3.63) is 16.1 Å². The van der Waals surface area contributed by atoms with Crippen LogP contribution in [-0.4, -0.2) is 9.97 Å². The summed E-state index contributed by atoms with van der Waals surface area (Å²) in [6.45, 7) is 2.55. The van der Waals surface area contributed by atoms with Crippen molar-refractivity contribution in [2.75, 3.05) is 0 Å². The van der Waals surface area contributed by atoms with E-state index in [1.165, 1.54) is 0 Å². The van der Waals surface area contributed by atoms with Crippen LogP contribution in [0.15, 0.2) is 4.60 Å². The van der Waals surface area contributed by atoms with E-state index >= 15 is 0 Å². The molecule has 0 fully saturated rings. The lowest BCUT2D eigenvalue weighted by molar-refractivity contribution is 0.949. The van der Waals surface area contributed by atoms with Crippen molar-refractivity contribution >= 4 is 15.9 Å². The molecule has 0 aliphatic heterocycles. The van der Waals surface area contributed by atoms with Gasteiger partial charge in [0.2, 0.25) is 0 Å². The summed E-state index contributed by atoms with van der Waals surface area (Å²) in [6, 6.07) is 0. The molecule has 10 heavy (non-hydrogen) atoms. The van der Waals surface area contributed by atoms with Gasteiger partial charge in [0.25, 0.3) is 0 Å². The van der Waals surface area contributed by atoms with E-state index in [1.54, 1.807) is 0 Å². The number of H-pyrrole nitrogens is 1. The fraction of sp³-hybridized carbons (Fsp3) is 0.500. The van der Waals surface area contributed by atoms with Crippen molar-refractivity contribution in [2.45, 2.75) is 19.9 Å². The molecular weight excluding hydrogens is 194 g/mol. The number of aryl methyl sites for hydroxylation is 1. The molecule has 0 saturated carbocycles. The first-order chi connectivity index (χ1) is 4.77. The van der Waals surface area contributed by atoms with E-state index in [4.69, 9.17) is 5.73 Å². The Bertz CT molecular complexity index is 219. The fourth-order valence-corrected chi connectivity index (χ4v) is 1.22. The molecule has 1 rings (SSSR count). The highest BCUT2D eigenvalue weighted by Gasteiger charge is 2.02. The second kappa shape index (κ2) is 3.16. The second-order valence-corrected chi connectivity index (χ2v) is 2.76. The maximum absolute atomic E-state index is 5.42. The Kier molecular flexibility index (Phi) is 2.45. The molecule has 56 valence electrons. The topological polar surface area (TPSA) is 54.7 Å². The molecule has 4 heteroatoms. The number of halogens is 1. The summed E-state index contributed by atoms with van der Waals surface area (Å²) >= 11 is 3.30. The predicted molar refractivity (Wildman–Crippen MR) is 43.6 cm³/mol. The molecule has 3 N–H and O–H groups in total. The van der Waals surface area contributed by atoms with Crippen LogP contribution in [0.5, 0.6) is 0 Å². The van der Waals surface area contributed by atoms with Crippen LogP contribution in [-0.2, 0) is 13.0 Å². The van der Waals surface area contributed by atoms with Crippen LogP contribution in [0.2, 0.25) is 0 Å². The zero-order chi connectivity index (χ0) is 7.56. The van der Waals surface area contributed by atoms with Crippen molar-refractivity contribution in [3.63, 3.8) is 0 Å². The summed E-state index contributed by atoms with van der Waals surface area (Å²) in [7, 11) is 0. The van der Waals surface area contributed by atoms with Gasteiger partial charge in [-0.2, -0.15) is 0 Å². The van der Waals surface area contributed by atoms with Gasteiger partial charge in [0.15, 0.2) is 0 Å². The van der Waals surface area contributed by atoms with Crippen molar-refractivity contribution in [1.29, 1.82) is 0 Å². The number of imidazole rings is 1. The molecule has 1 aromatic heterocycles. The lowest BCUT2D eigenvalue weighted by Gasteiger charge is -1.87. The van der Waals surface area contributed by atoms with Crippen LogP contribution in [0.4, 0.5) is 0 Å². The van der Waals surface area contributed by atoms with Crippen molar-refractivity contribution in [2.24, 2.45) is 5.73 Å². The third-order valence-electron chi connectivity index (χ3n) is 1.32. The van der Waals surface area contributed by atoms with Gasteiger partial charge < -0.3 is 10.7 Å². The first-order valence-electron chi connectivity index (χ1n) is 3.21. The normalized spacial score (nSPS) is 10.3. The van der Waals surface area contributed by atoms with E-state index in [-0.39, 0.29) is 0 Å². The molecule has 1 heterocycles. The van der Waals surface area contributed by atoms with Crippen molar-refractivity contribution < 1.29 is 0 Å². The predicted octanol–water partition coefficient (Wildman–Crippen LogP) is 1.19. The minimum atomic E-state index is 0.508. The van der Waals surface area contributed by atoms with E-state index in [2.05, 4.69) is 25.9 Å². The lowest BCUT2D eigenvalue weighted by atomic mass is 10.5. The molecule has 0 radical (unpaired) electrons. The number of nitrogens with zero attached hydrogens (tertiary/aromatic N) is 1. The summed E-state index contributed by atoms with van der Waals surface area (Å²) in [6.07, 6.45) is 0.915. The smallest absolute Gasteiger partial charge is 0.128 e. The first kappa shape index (κ1) is 7.75. The van der Waals surface area contributed by atoms with Crippen LogP contribution in [0.3, 0.4) is 0 Å². The van der Waals surface area contributed by atoms with Crippen LogP contribution in [0.1, 0.15) is 18.4 Å². The Morgan fingerprint density at radius 3 is 2.70 bits per heavy atom. The average molecular weight is 204 g/mol. The van der Waals surface area contributed by atoms with E-state index < -0.39 is 0 Å².